The second-order valence-corrected chi connectivity index (χ2v) is 7.93. The van der Waals surface area contributed by atoms with Crippen molar-refractivity contribution in [3.05, 3.63) is 54.1 Å². The summed E-state index contributed by atoms with van der Waals surface area (Å²) in [6.45, 7) is 1.31. The summed E-state index contributed by atoms with van der Waals surface area (Å²) in [5.41, 5.74) is 0.776. The zero-order valence-electron chi connectivity index (χ0n) is 16.4. The summed E-state index contributed by atoms with van der Waals surface area (Å²) in [5.74, 6) is -0.0381. The van der Waals surface area contributed by atoms with E-state index in [1.165, 1.54) is 6.07 Å². The van der Waals surface area contributed by atoms with Crippen LogP contribution in [0.4, 0.5) is 24.5 Å². The summed E-state index contributed by atoms with van der Waals surface area (Å²) in [6, 6.07) is 12.6. The lowest BCUT2D eigenvalue weighted by Gasteiger charge is -2.23. The number of nitrogens with one attached hydrogen (secondary N) is 1. The molecule has 4 rings (SSSR count). The second kappa shape index (κ2) is 9.01. The van der Waals surface area contributed by atoms with Crippen molar-refractivity contribution in [3.8, 4) is 11.5 Å². The number of aromatic nitrogens is 2. The van der Waals surface area contributed by atoms with Crippen LogP contribution < -0.4 is 10.2 Å². The quantitative estimate of drug-likeness (QED) is 0.530. The molecule has 1 amide bonds. The fraction of sp³-hybridized carbons (Fsp3) is 0.286. The van der Waals surface area contributed by atoms with Crippen molar-refractivity contribution < 1.29 is 22.4 Å². The van der Waals surface area contributed by atoms with Crippen LogP contribution in [-0.4, -0.2) is 34.9 Å². The largest absolute Gasteiger partial charge is 0.416 e. The zero-order valence-corrected chi connectivity index (χ0v) is 17.2. The van der Waals surface area contributed by atoms with Crippen LogP contribution in [-0.2, 0) is 11.0 Å². The maximum atomic E-state index is 13.1. The van der Waals surface area contributed by atoms with Gasteiger partial charge < -0.3 is 14.6 Å². The van der Waals surface area contributed by atoms with Crippen LogP contribution in [0.15, 0.2) is 58.2 Å². The van der Waals surface area contributed by atoms with Gasteiger partial charge in [0.15, 0.2) is 0 Å². The number of carbonyl (C=O) groups excluding carboxylic acids is 1. The van der Waals surface area contributed by atoms with Crippen LogP contribution >= 0.6 is 11.8 Å². The number of hydrogen-bond acceptors (Lipinski definition) is 6. The Morgan fingerprint density at radius 2 is 1.84 bits per heavy atom. The van der Waals surface area contributed by atoms with Gasteiger partial charge in [0.25, 0.3) is 5.22 Å². The number of benzene rings is 2. The first-order valence-corrected chi connectivity index (χ1v) is 10.7. The number of carbonyl (C=O) groups is 1. The van der Waals surface area contributed by atoms with Gasteiger partial charge in [0.2, 0.25) is 11.8 Å². The standard InChI is InChI=1S/C21H19F3N4O2S/c22-21(23,24)15-8-9-16(17(12-15)28-10-4-5-11-28)25-18(29)13-31-20-27-26-19(30-20)14-6-2-1-3-7-14/h1-3,6-9,12H,4-5,10-11,13H2,(H,25,29). The van der Waals surface area contributed by atoms with Gasteiger partial charge in [0.1, 0.15) is 0 Å². The van der Waals surface area contributed by atoms with Gasteiger partial charge in [-0.1, -0.05) is 30.0 Å². The summed E-state index contributed by atoms with van der Waals surface area (Å²) in [4.78, 5) is 14.3. The number of halogens is 3. The molecule has 1 aromatic heterocycles. The lowest BCUT2D eigenvalue weighted by molar-refractivity contribution is -0.137. The highest BCUT2D eigenvalue weighted by Crippen LogP contribution is 2.37. The smallest absolute Gasteiger partial charge is 0.411 e. The van der Waals surface area contributed by atoms with Crippen LogP contribution in [0.3, 0.4) is 0 Å². The van der Waals surface area contributed by atoms with Gasteiger partial charge in [-0.3, -0.25) is 4.79 Å². The molecule has 0 spiro atoms. The molecule has 1 aliphatic rings. The van der Waals surface area contributed by atoms with Crippen molar-refractivity contribution in [2.45, 2.75) is 24.2 Å². The highest BCUT2D eigenvalue weighted by molar-refractivity contribution is 7.99. The van der Waals surface area contributed by atoms with E-state index in [9.17, 15) is 18.0 Å². The molecule has 6 nitrogen and oxygen atoms in total. The minimum Gasteiger partial charge on any atom is -0.411 e. The fourth-order valence-corrected chi connectivity index (χ4v) is 3.88. The number of nitrogens with zero attached hydrogens (tertiary/aromatic N) is 3. The molecule has 3 aromatic rings. The van der Waals surface area contributed by atoms with Crippen LogP contribution in [0.25, 0.3) is 11.5 Å². The molecule has 1 fully saturated rings. The Bertz CT molecular complexity index is 1050. The predicted molar refractivity (Wildman–Crippen MR) is 112 cm³/mol. The van der Waals surface area contributed by atoms with Crippen LogP contribution in [0.5, 0.6) is 0 Å². The first-order chi connectivity index (χ1) is 14.9. The molecular weight excluding hydrogens is 429 g/mol. The molecule has 2 heterocycles. The molecule has 1 saturated heterocycles. The maximum Gasteiger partial charge on any atom is 0.416 e. The molecule has 0 bridgehead atoms. The highest BCUT2D eigenvalue weighted by Gasteiger charge is 2.32. The Morgan fingerprint density at radius 3 is 2.55 bits per heavy atom. The van der Waals surface area contributed by atoms with E-state index in [0.717, 1.165) is 42.3 Å². The molecule has 0 radical (unpaired) electrons. The number of thioether (sulfide) groups is 1. The lowest BCUT2D eigenvalue weighted by atomic mass is 10.1. The molecule has 10 heteroatoms. The summed E-state index contributed by atoms with van der Waals surface area (Å²) in [5, 5.41) is 10.8. The highest BCUT2D eigenvalue weighted by atomic mass is 32.2. The predicted octanol–water partition coefficient (Wildman–Crippen LogP) is 5.09. The third-order valence-electron chi connectivity index (χ3n) is 4.80. The normalized spacial score (nSPS) is 14.1. The van der Waals surface area contributed by atoms with Crippen LogP contribution in [0.2, 0.25) is 0 Å². The molecule has 162 valence electrons. The molecule has 0 unspecified atom stereocenters. The molecular formula is C21H19F3N4O2S. The molecule has 0 atom stereocenters. The molecule has 31 heavy (non-hydrogen) atoms. The van der Waals surface area contributed by atoms with Crippen molar-refractivity contribution in [1.29, 1.82) is 0 Å². The summed E-state index contributed by atoms with van der Waals surface area (Å²) >= 11 is 1.06. The number of amides is 1. The summed E-state index contributed by atoms with van der Waals surface area (Å²) < 4.78 is 45.0. The van der Waals surface area contributed by atoms with E-state index in [4.69, 9.17) is 4.42 Å². The SMILES string of the molecule is O=C(CSc1nnc(-c2ccccc2)o1)Nc1ccc(C(F)(F)F)cc1N1CCCC1. The molecule has 0 saturated carbocycles. The molecule has 2 aromatic carbocycles. The van der Waals surface area contributed by atoms with Crippen LogP contribution in [0, 0.1) is 0 Å². The Labute approximate surface area is 180 Å². The first kappa shape index (κ1) is 21.2. The third-order valence-corrected chi connectivity index (χ3v) is 5.62. The van der Waals surface area contributed by atoms with Gasteiger partial charge in [-0.2, -0.15) is 13.2 Å². The topological polar surface area (TPSA) is 71.3 Å². The Morgan fingerprint density at radius 1 is 1.10 bits per heavy atom. The van der Waals surface area contributed by atoms with Gasteiger partial charge in [0.05, 0.1) is 22.7 Å². The van der Waals surface area contributed by atoms with Gasteiger partial charge in [-0.15, -0.1) is 10.2 Å². The number of anilines is 2. The van der Waals surface area contributed by atoms with E-state index in [1.54, 1.807) is 0 Å². The van der Waals surface area contributed by atoms with Gasteiger partial charge in [-0.25, -0.2) is 0 Å². The summed E-state index contributed by atoms with van der Waals surface area (Å²) in [6.07, 6.45) is -2.64. The Kier molecular flexibility index (Phi) is 6.17. The van der Waals surface area contributed by atoms with Crippen molar-refractivity contribution in [1.82, 2.24) is 10.2 Å². The number of hydrogen-bond donors (Lipinski definition) is 1. The molecule has 1 N–H and O–H groups in total. The van der Waals surface area contributed by atoms with E-state index in [2.05, 4.69) is 15.5 Å². The van der Waals surface area contributed by atoms with Crippen molar-refractivity contribution >= 4 is 29.0 Å². The third kappa shape index (κ3) is 5.19. The number of alkyl halides is 3. The van der Waals surface area contributed by atoms with Gasteiger partial charge in [0, 0.05) is 18.7 Å². The summed E-state index contributed by atoms with van der Waals surface area (Å²) in [7, 11) is 0. The average molecular weight is 448 g/mol. The van der Waals surface area contributed by atoms with E-state index in [1.807, 2.05) is 35.2 Å². The monoisotopic (exact) mass is 448 g/mol. The van der Waals surface area contributed by atoms with E-state index in [-0.39, 0.29) is 16.9 Å². The maximum absolute atomic E-state index is 13.1. The van der Waals surface area contributed by atoms with Crippen molar-refractivity contribution in [3.63, 3.8) is 0 Å². The van der Waals surface area contributed by atoms with Crippen molar-refractivity contribution in [2.24, 2.45) is 0 Å². The van der Waals surface area contributed by atoms with Gasteiger partial charge in [-0.05, 0) is 43.2 Å². The van der Waals surface area contributed by atoms with E-state index in [0.29, 0.717) is 30.4 Å². The average Bonchev–Trinajstić information content (AvgIpc) is 3.45. The Balaban J connectivity index is 1.43. The number of rotatable bonds is 6. The molecule has 0 aliphatic carbocycles. The minimum atomic E-state index is -4.44. The second-order valence-electron chi connectivity index (χ2n) is 7.00. The van der Waals surface area contributed by atoms with E-state index < -0.39 is 11.7 Å². The lowest BCUT2D eigenvalue weighted by Crippen LogP contribution is -2.22. The zero-order chi connectivity index (χ0) is 21.8. The fourth-order valence-electron chi connectivity index (χ4n) is 3.31. The van der Waals surface area contributed by atoms with Crippen LogP contribution in [0.1, 0.15) is 18.4 Å². The van der Waals surface area contributed by atoms with E-state index >= 15 is 0 Å². The Hall–Kier alpha value is -3.01. The molecule has 1 aliphatic heterocycles. The first-order valence-electron chi connectivity index (χ1n) is 9.68. The van der Waals surface area contributed by atoms with Crippen molar-refractivity contribution in [2.75, 3.05) is 29.1 Å². The minimum absolute atomic E-state index is 0.0170. The van der Waals surface area contributed by atoms with Gasteiger partial charge >= 0.3 is 6.18 Å².